The Morgan fingerprint density at radius 2 is 1.59 bits per heavy atom. The summed E-state index contributed by atoms with van der Waals surface area (Å²) < 4.78 is 7.70. The molecule has 0 aliphatic heterocycles. The van der Waals surface area contributed by atoms with E-state index in [1.165, 1.54) is 0 Å². The van der Waals surface area contributed by atoms with E-state index in [0.717, 1.165) is 40.8 Å². The number of nitrogens with zero attached hydrogens (tertiary/aromatic N) is 3. The molecule has 0 aliphatic carbocycles. The Kier molecular flexibility index (Phi) is 8.69. The highest BCUT2D eigenvalue weighted by Crippen LogP contribution is 2.25. The Balaban J connectivity index is 1.22. The van der Waals surface area contributed by atoms with Crippen molar-refractivity contribution in [3.63, 3.8) is 0 Å². The van der Waals surface area contributed by atoms with Crippen LogP contribution in [0.3, 0.4) is 0 Å². The van der Waals surface area contributed by atoms with Crippen molar-refractivity contribution in [2.24, 2.45) is 0 Å². The monoisotopic (exact) mass is 548 g/mol. The van der Waals surface area contributed by atoms with Gasteiger partial charge < -0.3 is 14.8 Å². The molecule has 208 valence electrons. The van der Waals surface area contributed by atoms with Gasteiger partial charge in [-0.1, -0.05) is 60.7 Å². The molecule has 41 heavy (non-hydrogen) atoms. The molecule has 0 unspecified atom stereocenters. The fraction of sp³-hybridized carbons (Fsp3) is 0.212. The van der Waals surface area contributed by atoms with E-state index in [4.69, 9.17) is 14.6 Å². The van der Waals surface area contributed by atoms with Gasteiger partial charge in [-0.25, -0.2) is 4.98 Å². The Hall–Kier alpha value is -4.98. The first-order valence-electron chi connectivity index (χ1n) is 13.7. The van der Waals surface area contributed by atoms with Crippen LogP contribution in [0.2, 0.25) is 0 Å². The van der Waals surface area contributed by atoms with Crippen LogP contribution in [0, 0.1) is 6.92 Å². The molecule has 0 saturated carbocycles. The highest BCUT2D eigenvalue weighted by Gasteiger charge is 2.14. The SMILES string of the molecule is Cc1oc(-c2ccccc2)nc1CNC(=O)c1ccc(Cn2cc(CCCCC(=O)O)c(-c3ccccc3)n2)cc1. The normalized spacial score (nSPS) is 11.0. The summed E-state index contributed by atoms with van der Waals surface area (Å²) in [5, 5.41) is 16.7. The zero-order chi connectivity index (χ0) is 28.6. The van der Waals surface area contributed by atoms with Gasteiger partial charge in [0.15, 0.2) is 0 Å². The number of aliphatic carboxylic acids is 1. The number of hydrogen-bond donors (Lipinski definition) is 2. The standard InChI is InChI=1S/C33H32N4O4/c1-23-29(35-33(41-23)27-12-6-3-7-13-27)20-34-32(40)26-18-16-24(17-19-26)21-37-22-28(14-8-9-15-30(38)39)31(36-37)25-10-4-2-5-11-25/h2-7,10-13,16-19,22H,8-9,14-15,20-21H2,1H3,(H,34,40)(H,38,39). The largest absolute Gasteiger partial charge is 0.481 e. The number of benzene rings is 3. The lowest BCUT2D eigenvalue weighted by Crippen LogP contribution is -2.23. The molecule has 2 heterocycles. The van der Waals surface area contributed by atoms with Crippen molar-refractivity contribution < 1.29 is 19.1 Å². The minimum atomic E-state index is -0.772. The van der Waals surface area contributed by atoms with Gasteiger partial charge in [-0.15, -0.1) is 0 Å². The molecular weight excluding hydrogens is 516 g/mol. The smallest absolute Gasteiger partial charge is 0.303 e. The van der Waals surface area contributed by atoms with E-state index in [-0.39, 0.29) is 18.9 Å². The fourth-order valence-electron chi connectivity index (χ4n) is 4.67. The van der Waals surface area contributed by atoms with Gasteiger partial charge in [0, 0.05) is 29.3 Å². The van der Waals surface area contributed by atoms with Gasteiger partial charge in [0.1, 0.15) is 11.5 Å². The van der Waals surface area contributed by atoms with Gasteiger partial charge in [-0.3, -0.25) is 14.3 Å². The summed E-state index contributed by atoms with van der Waals surface area (Å²) in [6.07, 6.45) is 4.37. The summed E-state index contributed by atoms with van der Waals surface area (Å²) in [4.78, 5) is 28.3. The molecule has 5 aromatic rings. The van der Waals surface area contributed by atoms with Gasteiger partial charge >= 0.3 is 5.97 Å². The summed E-state index contributed by atoms with van der Waals surface area (Å²) in [6.45, 7) is 2.67. The maximum atomic E-state index is 12.8. The first-order chi connectivity index (χ1) is 20.0. The molecule has 3 aromatic carbocycles. The maximum Gasteiger partial charge on any atom is 0.303 e. The number of carboxylic acid groups (broad SMARTS) is 1. The number of amides is 1. The van der Waals surface area contributed by atoms with E-state index in [1.807, 2.05) is 103 Å². The molecule has 5 rings (SSSR count). The first-order valence-corrected chi connectivity index (χ1v) is 13.7. The van der Waals surface area contributed by atoms with E-state index >= 15 is 0 Å². The van der Waals surface area contributed by atoms with E-state index in [0.29, 0.717) is 35.9 Å². The number of aromatic nitrogens is 3. The van der Waals surface area contributed by atoms with Crippen LogP contribution in [-0.2, 0) is 24.3 Å². The number of nitrogens with one attached hydrogen (secondary N) is 1. The fourth-order valence-corrected chi connectivity index (χ4v) is 4.67. The lowest BCUT2D eigenvalue weighted by molar-refractivity contribution is -0.137. The number of unbranched alkanes of at least 4 members (excludes halogenated alkanes) is 1. The van der Waals surface area contributed by atoms with E-state index in [2.05, 4.69) is 10.3 Å². The van der Waals surface area contributed by atoms with Crippen LogP contribution < -0.4 is 5.32 Å². The minimum absolute atomic E-state index is 0.168. The number of hydrogen-bond acceptors (Lipinski definition) is 5. The quantitative estimate of drug-likeness (QED) is 0.177. The number of carboxylic acids is 1. The molecule has 0 saturated heterocycles. The molecule has 0 bridgehead atoms. The molecule has 0 spiro atoms. The van der Waals surface area contributed by atoms with Crippen molar-refractivity contribution in [1.82, 2.24) is 20.1 Å². The molecule has 0 fully saturated rings. The summed E-state index contributed by atoms with van der Waals surface area (Å²) in [7, 11) is 0. The number of rotatable bonds is 12. The predicted octanol–water partition coefficient (Wildman–Crippen LogP) is 6.29. The molecule has 0 atom stereocenters. The van der Waals surface area contributed by atoms with E-state index in [1.54, 1.807) is 0 Å². The third kappa shape index (κ3) is 7.16. The van der Waals surface area contributed by atoms with Crippen LogP contribution in [0.4, 0.5) is 0 Å². The van der Waals surface area contributed by atoms with Crippen LogP contribution in [0.25, 0.3) is 22.7 Å². The van der Waals surface area contributed by atoms with Gasteiger partial charge in [0.25, 0.3) is 5.91 Å². The van der Waals surface area contributed by atoms with Gasteiger partial charge in [-0.2, -0.15) is 5.10 Å². The highest BCUT2D eigenvalue weighted by atomic mass is 16.4. The van der Waals surface area contributed by atoms with E-state index < -0.39 is 5.97 Å². The van der Waals surface area contributed by atoms with Crippen molar-refractivity contribution in [1.29, 1.82) is 0 Å². The van der Waals surface area contributed by atoms with Crippen molar-refractivity contribution >= 4 is 11.9 Å². The molecule has 8 heteroatoms. The molecule has 2 N–H and O–H groups in total. The van der Waals surface area contributed by atoms with Gasteiger partial charge in [0.05, 0.1) is 18.8 Å². The number of carbonyl (C=O) groups is 2. The van der Waals surface area contributed by atoms with E-state index in [9.17, 15) is 9.59 Å². The highest BCUT2D eigenvalue weighted by molar-refractivity contribution is 5.94. The number of oxazole rings is 1. The zero-order valence-corrected chi connectivity index (χ0v) is 22.9. The first kappa shape index (κ1) is 27.6. The average molecular weight is 549 g/mol. The van der Waals surface area contributed by atoms with Crippen LogP contribution in [0.1, 0.15) is 52.2 Å². The molecule has 0 radical (unpaired) electrons. The number of carbonyl (C=O) groups excluding carboxylic acids is 1. The third-order valence-electron chi connectivity index (χ3n) is 6.86. The molecule has 0 aliphatic rings. The minimum Gasteiger partial charge on any atom is -0.481 e. The van der Waals surface area contributed by atoms with Crippen LogP contribution in [0.15, 0.2) is 95.5 Å². The summed E-state index contributed by atoms with van der Waals surface area (Å²) in [6, 6.07) is 27.2. The lowest BCUT2D eigenvalue weighted by atomic mass is 10.0. The maximum absolute atomic E-state index is 12.8. The molecule has 2 aromatic heterocycles. The number of aryl methyl sites for hydroxylation is 2. The zero-order valence-electron chi connectivity index (χ0n) is 22.9. The lowest BCUT2D eigenvalue weighted by Gasteiger charge is -2.06. The molecule has 8 nitrogen and oxygen atoms in total. The van der Waals surface area contributed by atoms with Crippen molar-refractivity contribution in [2.45, 2.75) is 45.7 Å². The Bertz CT molecular complexity index is 1610. The van der Waals surface area contributed by atoms with Crippen LogP contribution >= 0.6 is 0 Å². The van der Waals surface area contributed by atoms with Crippen molar-refractivity contribution in [2.75, 3.05) is 0 Å². The summed E-state index contributed by atoms with van der Waals surface area (Å²) in [5.74, 6) is 0.255. The second-order valence-electron chi connectivity index (χ2n) is 9.93. The predicted molar refractivity (Wildman–Crippen MR) is 156 cm³/mol. The second kappa shape index (κ2) is 12.9. The topological polar surface area (TPSA) is 110 Å². The van der Waals surface area contributed by atoms with Crippen LogP contribution in [-0.4, -0.2) is 31.7 Å². The summed E-state index contributed by atoms with van der Waals surface area (Å²) in [5.41, 5.74) is 6.20. The van der Waals surface area contributed by atoms with Crippen LogP contribution in [0.5, 0.6) is 0 Å². The van der Waals surface area contributed by atoms with Crippen molar-refractivity contribution in [3.8, 4) is 22.7 Å². The van der Waals surface area contributed by atoms with Gasteiger partial charge in [0.2, 0.25) is 5.89 Å². The Morgan fingerprint density at radius 1 is 0.902 bits per heavy atom. The average Bonchev–Trinajstić information content (AvgIpc) is 3.58. The summed E-state index contributed by atoms with van der Waals surface area (Å²) >= 11 is 0. The Morgan fingerprint density at radius 3 is 2.27 bits per heavy atom. The molecule has 1 amide bonds. The third-order valence-corrected chi connectivity index (χ3v) is 6.86. The van der Waals surface area contributed by atoms with Gasteiger partial charge in [-0.05, 0) is 61.6 Å². The Labute approximate surface area is 238 Å². The molecular formula is C33H32N4O4. The second-order valence-corrected chi connectivity index (χ2v) is 9.93. The van der Waals surface area contributed by atoms with Crippen molar-refractivity contribution in [3.05, 3.63) is 119 Å².